The van der Waals surface area contributed by atoms with Gasteiger partial charge in [-0.1, -0.05) is 24.3 Å². The Labute approximate surface area is 221 Å². The predicted molar refractivity (Wildman–Crippen MR) is 138 cm³/mol. The molecule has 9 nitrogen and oxygen atoms in total. The van der Waals surface area contributed by atoms with Gasteiger partial charge >= 0.3 is 6.09 Å². The molecule has 2 aliphatic heterocycles. The average Bonchev–Trinajstić information content (AvgIpc) is 3.67. The number of alkyl halides is 2. The first-order valence-corrected chi connectivity index (χ1v) is 13.1. The van der Waals surface area contributed by atoms with E-state index in [2.05, 4.69) is 20.6 Å². The largest absolute Gasteiger partial charge is 0.447 e. The Hall–Kier alpha value is -3.34. The summed E-state index contributed by atoms with van der Waals surface area (Å²) in [4.78, 5) is 36.0. The van der Waals surface area contributed by atoms with Crippen molar-refractivity contribution < 1.29 is 23.1 Å². The summed E-state index contributed by atoms with van der Waals surface area (Å²) in [6, 6.07) is 8.26. The second kappa shape index (κ2) is 10.1. The molecule has 0 spiro atoms. The molecular formula is C27H34F2N6O3. The molecule has 0 bridgehead atoms. The lowest BCUT2D eigenvalue weighted by molar-refractivity contribution is -0.129. The third-order valence-corrected chi connectivity index (χ3v) is 7.80. The van der Waals surface area contributed by atoms with E-state index in [1.54, 1.807) is 22.1 Å². The standard InChI is InChI=1S/C27H34F2N6O3/c1-17(31-24-30-12-10-23(33-24)35-25(37)38-16-26(35,3)21-8-9-21)20-6-4-19(5-7-20)14-34-13-11-22(32-18(2)36)27(28,29)15-34/h4-7,10,12,17,21-22H,8-9,11,13-16H2,1-3H3,(H,32,36)(H,30,31,33)/t17-,22?,26+/m0/s1. The number of piperidine rings is 1. The second-order valence-corrected chi connectivity index (χ2v) is 10.9. The highest BCUT2D eigenvalue weighted by Crippen LogP contribution is 2.47. The molecule has 2 amide bonds. The molecule has 3 heterocycles. The number of cyclic esters (lactones) is 1. The minimum Gasteiger partial charge on any atom is -0.447 e. The van der Waals surface area contributed by atoms with Gasteiger partial charge in [0, 0.05) is 26.2 Å². The van der Waals surface area contributed by atoms with E-state index in [4.69, 9.17) is 4.74 Å². The number of carbonyl (C=O) groups is 2. The summed E-state index contributed by atoms with van der Waals surface area (Å²) in [5.74, 6) is -2.08. The molecule has 2 N–H and O–H groups in total. The highest BCUT2D eigenvalue weighted by atomic mass is 19.3. The van der Waals surface area contributed by atoms with Gasteiger partial charge in [0.2, 0.25) is 11.9 Å². The summed E-state index contributed by atoms with van der Waals surface area (Å²) in [6.07, 6.45) is 3.60. The Morgan fingerprint density at radius 1 is 1.21 bits per heavy atom. The van der Waals surface area contributed by atoms with Crippen molar-refractivity contribution in [3.05, 3.63) is 47.7 Å². The number of carbonyl (C=O) groups excluding carboxylic acids is 2. The van der Waals surface area contributed by atoms with E-state index < -0.39 is 30.0 Å². The predicted octanol–water partition coefficient (Wildman–Crippen LogP) is 4.12. The lowest BCUT2D eigenvalue weighted by Gasteiger charge is -2.38. The number of likely N-dealkylation sites (tertiary alicyclic amines) is 1. The number of benzene rings is 1. The lowest BCUT2D eigenvalue weighted by Crippen LogP contribution is -2.57. The van der Waals surface area contributed by atoms with E-state index in [1.165, 1.54) is 6.92 Å². The van der Waals surface area contributed by atoms with Gasteiger partial charge in [-0.05, 0) is 56.2 Å². The molecule has 11 heteroatoms. The second-order valence-electron chi connectivity index (χ2n) is 10.9. The molecule has 204 valence electrons. The summed E-state index contributed by atoms with van der Waals surface area (Å²) in [5.41, 5.74) is 1.52. The number of hydrogen-bond acceptors (Lipinski definition) is 7. The van der Waals surface area contributed by atoms with Crippen LogP contribution in [0.25, 0.3) is 0 Å². The molecule has 3 fully saturated rings. The molecule has 2 aromatic rings. The van der Waals surface area contributed by atoms with Crippen LogP contribution in [0.3, 0.4) is 0 Å². The van der Waals surface area contributed by atoms with Gasteiger partial charge in [-0.2, -0.15) is 4.98 Å². The maximum Gasteiger partial charge on any atom is 0.416 e. The Kier molecular flexibility index (Phi) is 6.97. The average molecular weight is 529 g/mol. The van der Waals surface area contributed by atoms with Gasteiger partial charge in [-0.25, -0.2) is 18.6 Å². The number of halogens is 2. The monoisotopic (exact) mass is 528 g/mol. The number of hydrogen-bond donors (Lipinski definition) is 2. The molecule has 38 heavy (non-hydrogen) atoms. The fourth-order valence-electron chi connectivity index (χ4n) is 5.46. The van der Waals surface area contributed by atoms with Gasteiger partial charge in [0.05, 0.1) is 24.2 Å². The van der Waals surface area contributed by atoms with Crippen molar-refractivity contribution in [2.75, 3.05) is 29.9 Å². The number of rotatable bonds is 8. The first kappa shape index (κ1) is 26.3. The van der Waals surface area contributed by atoms with Crippen LogP contribution in [0.5, 0.6) is 0 Å². The van der Waals surface area contributed by atoms with Gasteiger partial charge in [0.25, 0.3) is 5.92 Å². The number of amides is 2. The first-order valence-electron chi connectivity index (χ1n) is 13.1. The zero-order chi connectivity index (χ0) is 27.1. The zero-order valence-corrected chi connectivity index (χ0v) is 21.9. The summed E-state index contributed by atoms with van der Waals surface area (Å²) >= 11 is 0. The lowest BCUT2D eigenvalue weighted by atomic mass is 9.96. The van der Waals surface area contributed by atoms with Crippen LogP contribution in [0.1, 0.15) is 57.2 Å². The normalized spacial score (nSPS) is 26.1. The van der Waals surface area contributed by atoms with Gasteiger partial charge in [0.15, 0.2) is 0 Å². The van der Waals surface area contributed by atoms with Crippen LogP contribution in [-0.4, -0.2) is 64.1 Å². The topological polar surface area (TPSA) is 99.7 Å². The van der Waals surface area contributed by atoms with E-state index in [0.717, 1.165) is 24.0 Å². The fraction of sp³-hybridized carbons (Fsp3) is 0.556. The number of anilines is 2. The molecule has 3 aliphatic rings. The van der Waals surface area contributed by atoms with Crippen LogP contribution in [0.2, 0.25) is 0 Å². The number of aromatic nitrogens is 2. The van der Waals surface area contributed by atoms with E-state index in [-0.39, 0.29) is 18.6 Å². The maximum atomic E-state index is 14.5. The van der Waals surface area contributed by atoms with Crippen molar-refractivity contribution in [3.8, 4) is 0 Å². The van der Waals surface area contributed by atoms with Gasteiger partial charge < -0.3 is 15.4 Å². The van der Waals surface area contributed by atoms with Gasteiger partial charge in [0.1, 0.15) is 12.4 Å². The molecule has 1 aromatic carbocycles. The zero-order valence-electron chi connectivity index (χ0n) is 21.9. The smallest absolute Gasteiger partial charge is 0.416 e. The number of ether oxygens (including phenoxy) is 1. The van der Waals surface area contributed by atoms with Crippen LogP contribution in [-0.2, 0) is 16.1 Å². The number of nitrogens with zero attached hydrogens (tertiary/aromatic N) is 4. The Bertz CT molecular complexity index is 1190. The van der Waals surface area contributed by atoms with Crippen molar-refractivity contribution in [3.63, 3.8) is 0 Å². The molecular weight excluding hydrogens is 494 g/mol. The van der Waals surface area contributed by atoms with Crippen molar-refractivity contribution in [2.24, 2.45) is 5.92 Å². The molecule has 0 radical (unpaired) electrons. The van der Waals surface area contributed by atoms with E-state index >= 15 is 0 Å². The van der Waals surface area contributed by atoms with Gasteiger partial charge in [-0.3, -0.25) is 14.6 Å². The van der Waals surface area contributed by atoms with Crippen LogP contribution < -0.4 is 15.5 Å². The Balaban J connectivity index is 1.20. The molecule has 3 atom stereocenters. The highest BCUT2D eigenvalue weighted by molar-refractivity contribution is 5.90. The van der Waals surface area contributed by atoms with Crippen molar-refractivity contribution in [1.29, 1.82) is 0 Å². The van der Waals surface area contributed by atoms with Crippen LogP contribution in [0.15, 0.2) is 36.5 Å². The highest BCUT2D eigenvalue weighted by Gasteiger charge is 2.54. The maximum absolute atomic E-state index is 14.5. The van der Waals surface area contributed by atoms with E-state index in [1.807, 2.05) is 38.1 Å². The van der Waals surface area contributed by atoms with Crippen LogP contribution in [0.4, 0.5) is 25.3 Å². The van der Waals surface area contributed by atoms with Crippen molar-refractivity contribution >= 4 is 23.8 Å². The van der Waals surface area contributed by atoms with E-state index in [0.29, 0.717) is 37.4 Å². The third kappa shape index (κ3) is 5.43. The molecule has 2 saturated heterocycles. The van der Waals surface area contributed by atoms with Crippen molar-refractivity contribution in [2.45, 2.75) is 70.1 Å². The third-order valence-electron chi connectivity index (χ3n) is 7.80. The molecule has 1 unspecified atom stereocenters. The molecule has 5 rings (SSSR count). The molecule has 1 aromatic heterocycles. The summed E-state index contributed by atoms with van der Waals surface area (Å²) in [5, 5.41) is 5.67. The minimum atomic E-state index is -2.97. The van der Waals surface area contributed by atoms with Crippen molar-refractivity contribution in [1.82, 2.24) is 20.2 Å². The first-order chi connectivity index (χ1) is 18.0. The summed E-state index contributed by atoms with van der Waals surface area (Å²) < 4.78 is 34.3. The number of nitrogens with one attached hydrogen (secondary N) is 2. The van der Waals surface area contributed by atoms with E-state index in [9.17, 15) is 18.4 Å². The fourth-order valence-corrected chi connectivity index (χ4v) is 5.46. The van der Waals surface area contributed by atoms with Crippen LogP contribution in [0, 0.1) is 5.92 Å². The quantitative estimate of drug-likeness (QED) is 0.532. The summed E-state index contributed by atoms with van der Waals surface area (Å²) in [7, 11) is 0. The minimum absolute atomic E-state index is 0.127. The molecule has 1 aliphatic carbocycles. The SMILES string of the molecule is CC(=O)NC1CCN(Cc2ccc([C@H](C)Nc3nccc(N4C(=O)OC[C@]4(C)C4CC4)n3)cc2)CC1(F)F. The Morgan fingerprint density at radius 2 is 1.95 bits per heavy atom. The summed E-state index contributed by atoms with van der Waals surface area (Å²) in [6.45, 7) is 6.14. The van der Waals surface area contributed by atoms with Gasteiger partial charge in [-0.15, -0.1) is 0 Å². The van der Waals surface area contributed by atoms with Crippen LogP contribution >= 0.6 is 0 Å². The molecule has 1 saturated carbocycles. The Morgan fingerprint density at radius 3 is 2.61 bits per heavy atom.